The molecule has 0 spiro atoms. The zero-order valence-electron chi connectivity index (χ0n) is 14.8. The molecule has 1 atom stereocenters. The number of benzene rings is 1. The Morgan fingerprint density at radius 3 is 2.74 bits per heavy atom. The molecular formula is C20H20N2O5. The van der Waals surface area contributed by atoms with E-state index >= 15 is 0 Å². The van der Waals surface area contributed by atoms with Gasteiger partial charge in [-0.3, -0.25) is 9.59 Å². The lowest BCUT2D eigenvalue weighted by atomic mass is 10.2. The highest BCUT2D eigenvalue weighted by molar-refractivity contribution is 5.92. The number of carbonyl (C=O) groups is 1. The number of rotatable bonds is 7. The van der Waals surface area contributed by atoms with Gasteiger partial charge in [0.25, 0.3) is 5.91 Å². The molecule has 1 unspecified atom stereocenters. The van der Waals surface area contributed by atoms with Crippen molar-refractivity contribution < 1.29 is 19.1 Å². The number of hydrogen-bond donors (Lipinski definition) is 3. The molecule has 0 saturated heterocycles. The smallest absolute Gasteiger partial charge is 0.287 e. The lowest BCUT2D eigenvalue weighted by molar-refractivity contribution is 0.0882. The van der Waals surface area contributed by atoms with E-state index < -0.39 is 12.0 Å². The minimum Gasteiger partial charge on any atom is -0.486 e. The van der Waals surface area contributed by atoms with Crippen LogP contribution < -0.4 is 15.6 Å². The molecule has 0 radical (unpaired) electrons. The molecule has 0 aliphatic rings. The van der Waals surface area contributed by atoms with Gasteiger partial charge in [0, 0.05) is 23.9 Å². The Kier molecular flexibility index (Phi) is 5.73. The average Bonchev–Trinajstić information content (AvgIpc) is 3.06. The van der Waals surface area contributed by atoms with E-state index in [0.29, 0.717) is 22.8 Å². The largest absolute Gasteiger partial charge is 0.486 e. The number of aliphatic hydroxyl groups is 1. The Morgan fingerprint density at radius 2 is 2.00 bits per heavy atom. The minimum atomic E-state index is -1.03. The zero-order chi connectivity index (χ0) is 19.2. The van der Waals surface area contributed by atoms with Gasteiger partial charge in [-0.05, 0) is 31.2 Å². The standard InChI is InChI=1S/C20H20N2O5/c1-13-10-15(12-26-14-6-3-2-4-7-14)27-19(13)20(25)21-11-17(23)16-8-5-9-18(24)22-16/h2-10,17,23H,11-12H2,1H3,(H,21,25)(H,22,24). The van der Waals surface area contributed by atoms with Crippen LogP contribution in [0, 0.1) is 6.92 Å². The second-order valence-electron chi connectivity index (χ2n) is 6.02. The van der Waals surface area contributed by atoms with Crippen LogP contribution in [0.5, 0.6) is 5.75 Å². The number of pyridine rings is 1. The molecule has 0 fully saturated rings. The number of H-pyrrole nitrogens is 1. The highest BCUT2D eigenvalue weighted by atomic mass is 16.5. The molecule has 2 aromatic heterocycles. The molecule has 3 N–H and O–H groups in total. The number of aliphatic hydroxyl groups excluding tert-OH is 1. The summed E-state index contributed by atoms with van der Waals surface area (Å²) in [4.78, 5) is 26.1. The molecule has 0 aliphatic heterocycles. The van der Waals surface area contributed by atoms with Crippen molar-refractivity contribution in [3.8, 4) is 5.75 Å². The maximum atomic E-state index is 12.3. The van der Waals surface area contributed by atoms with E-state index in [1.807, 2.05) is 30.3 Å². The first-order valence-electron chi connectivity index (χ1n) is 8.45. The number of carbonyl (C=O) groups excluding carboxylic acids is 1. The molecule has 2 heterocycles. The third-order valence-corrected chi connectivity index (χ3v) is 3.91. The molecule has 7 nitrogen and oxygen atoms in total. The van der Waals surface area contributed by atoms with Crippen LogP contribution in [-0.4, -0.2) is 22.5 Å². The second-order valence-corrected chi connectivity index (χ2v) is 6.02. The minimum absolute atomic E-state index is 0.0607. The van der Waals surface area contributed by atoms with Gasteiger partial charge in [0.15, 0.2) is 5.76 Å². The summed E-state index contributed by atoms with van der Waals surface area (Å²) in [6.45, 7) is 1.90. The van der Waals surface area contributed by atoms with Crippen LogP contribution in [0.3, 0.4) is 0 Å². The number of para-hydroxylation sites is 1. The molecule has 0 saturated carbocycles. The molecule has 140 valence electrons. The Hall–Kier alpha value is -3.32. The maximum Gasteiger partial charge on any atom is 0.287 e. The molecule has 1 aromatic carbocycles. The van der Waals surface area contributed by atoms with E-state index in [-0.39, 0.29) is 24.5 Å². The SMILES string of the molecule is Cc1cc(COc2ccccc2)oc1C(=O)NCC(O)c1cccc(=O)[nH]1. The summed E-state index contributed by atoms with van der Waals surface area (Å²) in [5.74, 6) is 0.943. The van der Waals surface area contributed by atoms with E-state index in [1.165, 1.54) is 12.1 Å². The zero-order valence-corrected chi connectivity index (χ0v) is 14.8. The van der Waals surface area contributed by atoms with E-state index in [1.54, 1.807) is 19.1 Å². The van der Waals surface area contributed by atoms with Gasteiger partial charge < -0.3 is 24.6 Å². The van der Waals surface area contributed by atoms with E-state index in [0.717, 1.165) is 0 Å². The predicted octanol–water partition coefficient (Wildman–Crippen LogP) is 2.32. The first-order chi connectivity index (χ1) is 13.0. The highest BCUT2D eigenvalue weighted by Gasteiger charge is 2.18. The predicted molar refractivity (Wildman–Crippen MR) is 98.6 cm³/mol. The van der Waals surface area contributed by atoms with Gasteiger partial charge in [-0.1, -0.05) is 24.3 Å². The summed E-state index contributed by atoms with van der Waals surface area (Å²) in [5, 5.41) is 12.7. The van der Waals surface area contributed by atoms with Crippen molar-refractivity contribution in [2.24, 2.45) is 0 Å². The topological polar surface area (TPSA) is 105 Å². The van der Waals surface area contributed by atoms with Gasteiger partial charge in [0.05, 0.1) is 0 Å². The Balaban J connectivity index is 1.58. The maximum absolute atomic E-state index is 12.3. The van der Waals surface area contributed by atoms with Crippen molar-refractivity contribution in [3.63, 3.8) is 0 Å². The van der Waals surface area contributed by atoms with Crippen LogP contribution in [0.1, 0.15) is 33.7 Å². The average molecular weight is 368 g/mol. The van der Waals surface area contributed by atoms with E-state index in [9.17, 15) is 14.7 Å². The number of furan rings is 1. The van der Waals surface area contributed by atoms with Crippen molar-refractivity contribution in [2.45, 2.75) is 19.6 Å². The number of aromatic nitrogens is 1. The van der Waals surface area contributed by atoms with Crippen LogP contribution in [0.25, 0.3) is 0 Å². The first-order valence-corrected chi connectivity index (χ1v) is 8.45. The van der Waals surface area contributed by atoms with E-state index in [4.69, 9.17) is 9.15 Å². The summed E-state index contributed by atoms with van der Waals surface area (Å²) in [6, 6.07) is 15.5. The van der Waals surface area contributed by atoms with E-state index in [2.05, 4.69) is 10.3 Å². The summed E-state index contributed by atoms with van der Waals surface area (Å²) in [7, 11) is 0. The number of nitrogens with one attached hydrogen (secondary N) is 2. The third kappa shape index (κ3) is 4.86. The molecule has 27 heavy (non-hydrogen) atoms. The monoisotopic (exact) mass is 368 g/mol. The molecule has 0 aliphatic carbocycles. The molecular weight excluding hydrogens is 348 g/mol. The quantitative estimate of drug-likeness (QED) is 0.594. The van der Waals surface area contributed by atoms with Crippen molar-refractivity contribution in [1.82, 2.24) is 10.3 Å². The fraction of sp³-hybridized carbons (Fsp3) is 0.200. The molecule has 7 heteroatoms. The van der Waals surface area contributed by atoms with Crippen LogP contribution in [0.2, 0.25) is 0 Å². The number of aryl methyl sites for hydroxylation is 1. The van der Waals surface area contributed by atoms with Crippen molar-refractivity contribution >= 4 is 5.91 Å². The number of amides is 1. The fourth-order valence-corrected chi connectivity index (χ4v) is 2.55. The normalized spacial score (nSPS) is 11.8. The Morgan fingerprint density at radius 1 is 1.22 bits per heavy atom. The molecule has 3 rings (SSSR count). The number of aromatic amines is 1. The number of ether oxygens (including phenoxy) is 1. The third-order valence-electron chi connectivity index (χ3n) is 3.91. The van der Waals surface area contributed by atoms with Gasteiger partial charge in [-0.25, -0.2) is 0 Å². The van der Waals surface area contributed by atoms with Gasteiger partial charge in [0.1, 0.15) is 24.2 Å². The Bertz CT molecular complexity index is 962. The lowest BCUT2D eigenvalue weighted by Gasteiger charge is -2.11. The summed E-state index contributed by atoms with van der Waals surface area (Å²) in [6.07, 6.45) is -1.03. The van der Waals surface area contributed by atoms with Gasteiger partial charge in [-0.2, -0.15) is 0 Å². The van der Waals surface area contributed by atoms with Crippen molar-refractivity contribution in [3.05, 3.63) is 87.7 Å². The van der Waals surface area contributed by atoms with Gasteiger partial charge >= 0.3 is 0 Å². The van der Waals surface area contributed by atoms with Gasteiger partial charge in [-0.15, -0.1) is 0 Å². The molecule has 3 aromatic rings. The van der Waals surface area contributed by atoms with Crippen LogP contribution in [0.15, 0.2) is 63.8 Å². The first kappa shape index (κ1) is 18.5. The Labute approximate surface area is 155 Å². The fourth-order valence-electron chi connectivity index (χ4n) is 2.55. The number of hydrogen-bond acceptors (Lipinski definition) is 5. The summed E-state index contributed by atoms with van der Waals surface area (Å²) >= 11 is 0. The van der Waals surface area contributed by atoms with Crippen molar-refractivity contribution in [1.29, 1.82) is 0 Å². The van der Waals surface area contributed by atoms with Crippen LogP contribution in [-0.2, 0) is 6.61 Å². The molecule has 1 amide bonds. The summed E-state index contributed by atoms with van der Waals surface area (Å²) in [5.41, 5.74) is 0.681. The van der Waals surface area contributed by atoms with Crippen LogP contribution in [0.4, 0.5) is 0 Å². The molecule has 0 bridgehead atoms. The summed E-state index contributed by atoms with van der Waals surface area (Å²) < 4.78 is 11.2. The highest BCUT2D eigenvalue weighted by Crippen LogP contribution is 2.18. The lowest BCUT2D eigenvalue weighted by Crippen LogP contribution is -2.29. The van der Waals surface area contributed by atoms with Crippen molar-refractivity contribution in [2.75, 3.05) is 6.54 Å². The van der Waals surface area contributed by atoms with Crippen LogP contribution >= 0.6 is 0 Å². The second kappa shape index (κ2) is 8.37. The van der Waals surface area contributed by atoms with Gasteiger partial charge in [0.2, 0.25) is 5.56 Å².